The van der Waals surface area contributed by atoms with Crippen LogP contribution in [-0.4, -0.2) is 43.1 Å². The fourth-order valence-corrected chi connectivity index (χ4v) is 3.15. The van der Waals surface area contributed by atoms with Crippen molar-refractivity contribution in [3.05, 3.63) is 29.3 Å². The highest BCUT2D eigenvalue weighted by Gasteiger charge is 2.36. The lowest BCUT2D eigenvalue weighted by Crippen LogP contribution is -2.36. The number of carbonyl (C=O) groups excluding carboxylic acids is 3. The van der Waals surface area contributed by atoms with Crippen molar-refractivity contribution in [2.45, 2.75) is 25.7 Å². The number of aliphatic carboxylic acids is 1. The van der Waals surface area contributed by atoms with Crippen LogP contribution in [0.15, 0.2) is 18.2 Å². The van der Waals surface area contributed by atoms with Gasteiger partial charge in [-0.3, -0.25) is 9.59 Å². The Morgan fingerprint density at radius 3 is 2.19 bits per heavy atom. The van der Waals surface area contributed by atoms with Crippen LogP contribution >= 0.6 is 0 Å². The fraction of sp³-hybridized carbons (Fsp3) is 0.444. The van der Waals surface area contributed by atoms with Gasteiger partial charge in [-0.2, -0.15) is 0 Å². The quantitative estimate of drug-likeness (QED) is 0.769. The first-order chi connectivity index (χ1) is 12.4. The maximum absolute atomic E-state index is 12.7. The second kappa shape index (κ2) is 8.46. The van der Waals surface area contributed by atoms with Crippen molar-refractivity contribution in [1.82, 2.24) is 0 Å². The molecule has 0 aliphatic heterocycles. The smallest absolute Gasteiger partial charge is 0.339 e. The lowest BCUT2D eigenvalue weighted by Gasteiger charge is -2.27. The molecule has 0 saturated heterocycles. The number of carboxylic acid groups (broad SMARTS) is 1. The number of hydrogen-bond donors (Lipinski definition) is 2. The number of carboxylic acids is 1. The van der Waals surface area contributed by atoms with Crippen LogP contribution in [0.2, 0.25) is 0 Å². The molecule has 1 amide bonds. The third kappa shape index (κ3) is 4.19. The molecule has 0 unspecified atom stereocenters. The van der Waals surface area contributed by atoms with Crippen LogP contribution in [0, 0.1) is 11.8 Å². The van der Waals surface area contributed by atoms with Crippen molar-refractivity contribution in [2.24, 2.45) is 11.8 Å². The van der Waals surface area contributed by atoms with E-state index in [0.717, 1.165) is 12.8 Å². The largest absolute Gasteiger partial charge is 0.481 e. The van der Waals surface area contributed by atoms with Crippen LogP contribution in [0.3, 0.4) is 0 Å². The molecule has 1 aliphatic carbocycles. The molecular formula is C18H21NO7. The van der Waals surface area contributed by atoms with Crippen LogP contribution < -0.4 is 5.32 Å². The van der Waals surface area contributed by atoms with E-state index in [1.165, 1.54) is 32.4 Å². The molecular weight excluding hydrogens is 342 g/mol. The summed E-state index contributed by atoms with van der Waals surface area (Å²) in [6, 6.07) is 4.05. The Balaban J connectivity index is 2.33. The van der Waals surface area contributed by atoms with Gasteiger partial charge in [-0.25, -0.2) is 9.59 Å². The molecule has 0 bridgehead atoms. The summed E-state index contributed by atoms with van der Waals surface area (Å²) in [6.45, 7) is 0. The normalized spacial score (nSPS) is 19.3. The van der Waals surface area contributed by atoms with Crippen molar-refractivity contribution in [3.63, 3.8) is 0 Å². The molecule has 1 saturated carbocycles. The van der Waals surface area contributed by atoms with E-state index in [1.54, 1.807) is 0 Å². The molecule has 1 aromatic carbocycles. The molecule has 0 spiro atoms. The van der Waals surface area contributed by atoms with Gasteiger partial charge < -0.3 is 19.9 Å². The minimum atomic E-state index is -1.01. The summed E-state index contributed by atoms with van der Waals surface area (Å²) in [6.07, 6.45) is 2.40. The zero-order valence-electron chi connectivity index (χ0n) is 14.6. The Bertz CT molecular complexity index is 728. The highest BCUT2D eigenvalue weighted by atomic mass is 16.5. The number of anilines is 1. The topological polar surface area (TPSA) is 119 Å². The molecule has 1 aromatic rings. The number of esters is 2. The Kier molecular flexibility index (Phi) is 6.32. The number of ether oxygens (including phenoxy) is 2. The first-order valence-electron chi connectivity index (χ1n) is 8.23. The Morgan fingerprint density at radius 2 is 1.62 bits per heavy atom. The van der Waals surface area contributed by atoms with Crippen molar-refractivity contribution in [3.8, 4) is 0 Å². The molecule has 8 nitrogen and oxygen atoms in total. The predicted molar refractivity (Wildman–Crippen MR) is 90.8 cm³/mol. The number of methoxy groups -OCH3 is 2. The fourth-order valence-electron chi connectivity index (χ4n) is 3.15. The SMILES string of the molecule is COC(=O)c1ccc(C(=O)OC)c(NC(=O)[C@@H]2CCCC[C@@H]2C(=O)O)c1. The minimum Gasteiger partial charge on any atom is -0.481 e. The third-order valence-corrected chi connectivity index (χ3v) is 4.52. The molecule has 2 rings (SSSR count). The van der Waals surface area contributed by atoms with Crippen LogP contribution in [0.1, 0.15) is 46.4 Å². The van der Waals surface area contributed by atoms with Crippen molar-refractivity contribution < 1.29 is 33.8 Å². The maximum atomic E-state index is 12.7. The van der Waals surface area contributed by atoms with Gasteiger partial charge in [-0.15, -0.1) is 0 Å². The van der Waals surface area contributed by atoms with Gasteiger partial charge in [0.2, 0.25) is 5.91 Å². The molecule has 0 heterocycles. The number of amides is 1. The van der Waals surface area contributed by atoms with E-state index < -0.39 is 35.7 Å². The van der Waals surface area contributed by atoms with E-state index in [4.69, 9.17) is 0 Å². The maximum Gasteiger partial charge on any atom is 0.339 e. The average Bonchev–Trinajstić information content (AvgIpc) is 2.66. The van der Waals surface area contributed by atoms with Crippen molar-refractivity contribution in [1.29, 1.82) is 0 Å². The number of hydrogen-bond acceptors (Lipinski definition) is 6. The van der Waals surface area contributed by atoms with Crippen molar-refractivity contribution >= 4 is 29.5 Å². The van der Waals surface area contributed by atoms with Gasteiger partial charge in [0.15, 0.2) is 0 Å². The molecule has 0 radical (unpaired) electrons. The van der Waals surface area contributed by atoms with Crippen LogP contribution in [0.25, 0.3) is 0 Å². The minimum absolute atomic E-state index is 0.0659. The first-order valence-corrected chi connectivity index (χ1v) is 8.23. The summed E-state index contributed by atoms with van der Waals surface area (Å²) in [5.74, 6) is -4.29. The van der Waals surface area contributed by atoms with E-state index in [9.17, 15) is 24.3 Å². The monoisotopic (exact) mass is 363 g/mol. The van der Waals surface area contributed by atoms with E-state index in [1.807, 2.05) is 0 Å². The highest BCUT2D eigenvalue weighted by Crippen LogP contribution is 2.32. The Hall–Kier alpha value is -2.90. The average molecular weight is 363 g/mol. The second-order valence-electron chi connectivity index (χ2n) is 6.07. The highest BCUT2D eigenvalue weighted by molar-refractivity contribution is 6.04. The Morgan fingerprint density at radius 1 is 1.00 bits per heavy atom. The number of nitrogens with one attached hydrogen (secondary N) is 1. The standard InChI is InChI=1S/C18H21NO7/c1-25-17(23)10-7-8-13(18(24)26-2)14(9-10)19-15(20)11-5-3-4-6-12(11)16(21)22/h7-9,11-12H,3-6H2,1-2H3,(H,19,20)(H,21,22)/t11-,12+/m1/s1. The number of rotatable bonds is 5. The lowest BCUT2D eigenvalue weighted by molar-refractivity contribution is -0.147. The molecule has 2 atom stereocenters. The van der Waals surface area contributed by atoms with Gasteiger partial charge in [0.05, 0.1) is 42.9 Å². The summed E-state index contributed by atoms with van der Waals surface area (Å²) in [5, 5.41) is 11.9. The van der Waals surface area contributed by atoms with Gasteiger partial charge in [-0.1, -0.05) is 12.8 Å². The van der Waals surface area contributed by atoms with E-state index in [2.05, 4.69) is 14.8 Å². The van der Waals surface area contributed by atoms with Gasteiger partial charge in [0, 0.05) is 0 Å². The molecule has 26 heavy (non-hydrogen) atoms. The number of benzene rings is 1. The number of carbonyl (C=O) groups is 4. The van der Waals surface area contributed by atoms with Gasteiger partial charge >= 0.3 is 17.9 Å². The van der Waals surface area contributed by atoms with Crippen LogP contribution in [-0.2, 0) is 19.1 Å². The molecule has 140 valence electrons. The zero-order chi connectivity index (χ0) is 19.3. The van der Waals surface area contributed by atoms with Crippen LogP contribution in [0.4, 0.5) is 5.69 Å². The molecule has 2 N–H and O–H groups in total. The van der Waals surface area contributed by atoms with E-state index >= 15 is 0 Å². The summed E-state index contributed by atoms with van der Waals surface area (Å²) in [4.78, 5) is 47.7. The van der Waals surface area contributed by atoms with Gasteiger partial charge in [0.25, 0.3) is 0 Å². The van der Waals surface area contributed by atoms with Crippen LogP contribution in [0.5, 0.6) is 0 Å². The third-order valence-electron chi connectivity index (χ3n) is 4.52. The summed E-state index contributed by atoms with van der Waals surface area (Å²) in [5.41, 5.74) is 0.296. The van der Waals surface area contributed by atoms with E-state index in [0.29, 0.717) is 12.8 Å². The van der Waals surface area contributed by atoms with Gasteiger partial charge in [-0.05, 0) is 31.0 Å². The first kappa shape index (κ1) is 19.4. The summed E-state index contributed by atoms with van der Waals surface area (Å²) >= 11 is 0. The zero-order valence-corrected chi connectivity index (χ0v) is 14.6. The molecule has 1 aliphatic rings. The molecule has 8 heteroatoms. The van der Waals surface area contributed by atoms with Crippen molar-refractivity contribution in [2.75, 3.05) is 19.5 Å². The summed E-state index contributed by atoms with van der Waals surface area (Å²) in [7, 11) is 2.41. The van der Waals surface area contributed by atoms with Gasteiger partial charge in [0.1, 0.15) is 0 Å². The summed E-state index contributed by atoms with van der Waals surface area (Å²) < 4.78 is 9.33. The molecule has 1 fully saturated rings. The lowest BCUT2D eigenvalue weighted by atomic mass is 9.78. The van der Waals surface area contributed by atoms with E-state index in [-0.39, 0.29) is 16.8 Å². The molecule has 0 aromatic heterocycles. The second-order valence-corrected chi connectivity index (χ2v) is 6.07. The predicted octanol–water partition coefficient (Wildman–Crippen LogP) is 2.09. The Labute approximate surface area is 150 Å².